The SMILES string of the molecule is CCCCc1c(O)c(CCCC)c(-c2ccc(C(F)(F)F)nc2)c(CCCC)c1CNCCN(CC)CC. The van der Waals surface area contributed by atoms with Crippen molar-refractivity contribution >= 4 is 0 Å². The Morgan fingerprint density at radius 1 is 0.816 bits per heavy atom. The van der Waals surface area contributed by atoms with Crippen molar-refractivity contribution in [2.45, 2.75) is 105 Å². The molecular weight excluding hydrogens is 487 g/mol. The zero-order valence-corrected chi connectivity index (χ0v) is 24.1. The molecule has 0 atom stereocenters. The van der Waals surface area contributed by atoms with Gasteiger partial charge in [0.15, 0.2) is 0 Å². The Morgan fingerprint density at radius 2 is 1.39 bits per heavy atom. The number of halogens is 3. The first kappa shape index (κ1) is 32.1. The number of rotatable bonds is 17. The molecule has 1 aromatic heterocycles. The van der Waals surface area contributed by atoms with E-state index in [4.69, 9.17) is 0 Å². The number of alkyl halides is 3. The maximum absolute atomic E-state index is 13.3. The number of aromatic hydroxyl groups is 1. The van der Waals surface area contributed by atoms with Gasteiger partial charge in [0.25, 0.3) is 0 Å². The molecule has 0 spiro atoms. The molecule has 4 nitrogen and oxygen atoms in total. The van der Waals surface area contributed by atoms with Gasteiger partial charge in [-0.15, -0.1) is 0 Å². The van der Waals surface area contributed by atoms with Crippen LogP contribution in [0.3, 0.4) is 0 Å². The van der Waals surface area contributed by atoms with Crippen LogP contribution in [0.15, 0.2) is 18.3 Å². The number of hydrogen-bond donors (Lipinski definition) is 2. The lowest BCUT2D eigenvalue weighted by Gasteiger charge is -2.26. The number of aromatic nitrogens is 1. The maximum Gasteiger partial charge on any atom is 0.433 e. The summed E-state index contributed by atoms with van der Waals surface area (Å²) in [5.41, 5.74) is 4.76. The fourth-order valence-electron chi connectivity index (χ4n) is 5.07. The summed E-state index contributed by atoms with van der Waals surface area (Å²) in [5, 5.41) is 15.3. The van der Waals surface area contributed by atoms with Gasteiger partial charge in [-0.2, -0.15) is 13.2 Å². The van der Waals surface area contributed by atoms with Gasteiger partial charge < -0.3 is 15.3 Å². The van der Waals surface area contributed by atoms with Crippen molar-refractivity contribution in [3.63, 3.8) is 0 Å². The van der Waals surface area contributed by atoms with E-state index in [0.29, 0.717) is 24.3 Å². The highest BCUT2D eigenvalue weighted by Crippen LogP contribution is 2.42. The zero-order valence-electron chi connectivity index (χ0n) is 24.1. The molecule has 0 radical (unpaired) electrons. The average Bonchev–Trinajstić information content (AvgIpc) is 2.90. The van der Waals surface area contributed by atoms with Crippen LogP contribution in [0.4, 0.5) is 13.2 Å². The second-order valence-electron chi connectivity index (χ2n) is 10.1. The summed E-state index contributed by atoms with van der Waals surface area (Å²) in [6.45, 7) is 15.1. The second kappa shape index (κ2) is 16.1. The van der Waals surface area contributed by atoms with Crippen LogP contribution in [-0.4, -0.2) is 41.2 Å². The zero-order chi connectivity index (χ0) is 28.1. The van der Waals surface area contributed by atoms with Crippen molar-refractivity contribution in [1.82, 2.24) is 15.2 Å². The summed E-state index contributed by atoms with van der Waals surface area (Å²) >= 11 is 0. The van der Waals surface area contributed by atoms with E-state index in [1.54, 1.807) is 0 Å². The predicted octanol–water partition coefficient (Wildman–Crippen LogP) is 7.93. The fraction of sp³-hybridized carbons (Fsp3) is 0.645. The van der Waals surface area contributed by atoms with E-state index in [0.717, 1.165) is 111 Å². The molecule has 1 heterocycles. The number of nitrogens with zero attached hydrogens (tertiary/aromatic N) is 2. The van der Waals surface area contributed by atoms with Crippen LogP contribution in [0.5, 0.6) is 5.75 Å². The average molecular weight is 536 g/mol. The minimum absolute atomic E-state index is 0.322. The van der Waals surface area contributed by atoms with E-state index < -0.39 is 11.9 Å². The third-order valence-corrected chi connectivity index (χ3v) is 7.39. The number of phenols is 1. The Bertz CT molecular complexity index is 970. The second-order valence-corrected chi connectivity index (χ2v) is 10.1. The number of pyridine rings is 1. The molecule has 2 N–H and O–H groups in total. The van der Waals surface area contributed by atoms with Crippen LogP contribution in [-0.2, 0) is 32.0 Å². The van der Waals surface area contributed by atoms with Crippen LogP contribution in [0.25, 0.3) is 11.1 Å². The summed E-state index contributed by atoms with van der Waals surface area (Å²) in [6, 6.07) is 2.59. The first-order valence-electron chi connectivity index (χ1n) is 14.6. The van der Waals surface area contributed by atoms with E-state index in [-0.39, 0.29) is 0 Å². The Morgan fingerprint density at radius 3 is 1.89 bits per heavy atom. The lowest BCUT2D eigenvalue weighted by molar-refractivity contribution is -0.141. The normalized spacial score (nSPS) is 12.0. The van der Waals surface area contributed by atoms with Gasteiger partial charge in [0.1, 0.15) is 11.4 Å². The molecule has 214 valence electrons. The summed E-state index contributed by atoms with van der Waals surface area (Å²) in [7, 11) is 0. The quantitative estimate of drug-likeness (QED) is 0.202. The van der Waals surface area contributed by atoms with Gasteiger partial charge in [-0.3, -0.25) is 4.98 Å². The molecule has 0 aliphatic carbocycles. The molecule has 0 aliphatic rings. The van der Waals surface area contributed by atoms with E-state index in [2.05, 4.69) is 49.8 Å². The highest BCUT2D eigenvalue weighted by atomic mass is 19.4. The Balaban J connectivity index is 2.70. The van der Waals surface area contributed by atoms with Gasteiger partial charge in [0.05, 0.1) is 0 Å². The van der Waals surface area contributed by atoms with E-state index in [1.807, 2.05) is 0 Å². The molecule has 1 aromatic carbocycles. The largest absolute Gasteiger partial charge is 0.507 e. The molecule has 2 rings (SSSR count). The molecule has 0 unspecified atom stereocenters. The third kappa shape index (κ3) is 8.70. The third-order valence-electron chi connectivity index (χ3n) is 7.39. The van der Waals surface area contributed by atoms with Gasteiger partial charge in [-0.05, 0) is 79.9 Å². The Hall–Kier alpha value is -2.12. The van der Waals surface area contributed by atoms with Crippen molar-refractivity contribution in [3.8, 4) is 16.9 Å². The standard InChI is InChI=1S/C31H48F3N3O/c1-6-11-14-24-27(22-35-19-20-37(9-4)10-5)25(15-12-7-2)30(38)26(16-13-8-3)29(24)23-17-18-28(36-21-23)31(32,33)34/h17-18,21,35,38H,6-16,19-20,22H2,1-5H3. The molecular formula is C31H48F3N3O. The Labute approximate surface area is 228 Å². The van der Waals surface area contributed by atoms with Gasteiger partial charge >= 0.3 is 6.18 Å². The lowest BCUT2D eigenvalue weighted by Crippen LogP contribution is -2.32. The minimum atomic E-state index is -4.49. The van der Waals surface area contributed by atoms with Crippen molar-refractivity contribution in [2.24, 2.45) is 0 Å². The minimum Gasteiger partial charge on any atom is -0.507 e. The molecule has 0 fully saturated rings. The van der Waals surface area contributed by atoms with Crippen molar-refractivity contribution in [3.05, 3.63) is 46.3 Å². The van der Waals surface area contributed by atoms with E-state index in [9.17, 15) is 18.3 Å². The molecule has 0 saturated carbocycles. The van der Waals surface area contributed by atoms with Crippen LogP contribution in [0.1, 0.15) is 101 Å². The first-order valence-corrected chi connectivity index (χ1v) is 14.6. The van der Waals surface area contributed by atoms with Crippen LogP contribution >= 0.6 is 0 Å². The summed E-state index contributed by atoms with van der Waals surface area (Å²) in [4.78, 5) is 6.15. The van der Waals surface area contributed by atoms with E-state index in [1.165, 1.54) is 12.3 Å². The monoisotopic (exact) mass is 535 g/mol. The highest BCUT2D eigenvalue weighted by Gasteiger charge is 2.32. The lowest BCUT2D eigenvalue weighted by atomic mass is 9.82. The number of phenolic OH excluding ortho intramolecular Hbond substituents is 1. The molecule has 0 saturated heterocycles. The van der Waals surface area contributed by atoms with Crippen molar-refractivity contribution in [2.75, 3.05) is 26.2 Å². The molecule has 0 amide bonds. The van der Waals surface area contributed by atoms with Crippen molar-refractivity contribution in [1.29, 1.82) is 0 Å². The number of nitrogens with one attached hydrogen (secondary N) is 1. The molecule has 0 bridgehead atoms. The maximum atomic E-state index is 13.3. The first-order chi connectivity index (χ1) is 18.2. The highest BCUT2D eigenvalue weighted by molar-refractivity contribution is 5.77. The van der Waals surface area contributed by atoms with Crippen molar-refractivity contribution < 1.29 is 18.3 Å². The summed E-state index contributed by atoms with van der Waals surface area (Å²) in [5.74, 6) is 0.322. The fourth-order valence-corrected chi connectivity index (χ4v) is 5.07. The smallest absolute Gasteiger partial charge is 0.433 e. The number of hydrogen-bond acceptors (Lipinski definition) is 4. The molecule has 38 heavy (non-hydrogen) atoms. The van der Waals surface area contributed by atoms with Gasteiger partial charge in [0.2, 0.25) is 0 Å². The van der Waals surface area contributed by atoms with Crippen LogP contribution in [0.2, 0.25) is 0 Å². The number of benzene rings is 1. The number of unbranched alkanes of at least 4 members (excludes halogenated alkanes) is 3. The van der Waals surface area contributed by atoms with Gasteiger partial charge in [-0.25, -0.2) is 0 Å². The van der Waals surface area contributed by atoms with Gasteiger partial charge in [-0.1, -0.05) is 59.9 Å². The number of likely N-dealkylation sites (N-methyl/N-ethyl adjacent to an activating group) is 1. The Kier molecular flexibility index (Phi) is 13.6. The molecule has 7 heteroatoms. The van der Waals surface area contributed by atoms with E-state index >= 15 is 0 Å². The summed E-state index contributed by atoms with van der Waals surface area (Å²) < 4.78 is 39.8. The molecule has 0 aliphatic heterocycles. The molecule has 2 aromatic rings. The van der Waals surface area contributed by atoms with Crippen LogP contribution < -0.4 is 5.32 Å². The topological polar surface area (TPSA) is 48.4 Å². The van der Waals surface area contributed by atoms with Crippen LogP contribution in [0, 0.1) is 0 Å². The van der Waals surface area contributed by atoms with Gasteiger partial charge in [0, 0.05) is 37.0 Å². The summed E-state index contributed by atoms with van der Waals surface area (Å²) in [6.07, 6.45) is 4.99. The predicted molar refractivity (Wildman–Crippen MR) is 152 cm³/mol.